The topological polar surface area (TPSA) is 70.2 Å². The molecule has 0 bridgehead atoms. The zero-order valence-electron chi connectivity index (χ0n) is 17.7. The summed E-state index contributed by atoms with van der Waals surface area (Å²) in [4.78, 5) is 17.2. The Morgan fingerprint density at radius 3 is 2.17 bits per heavy atom. The maximum atomic E-state index is 13.1. The number of carbonyl (C=O) groups excluding carboxylic acids is 1. The summed E-state index contributed by atoms with van der Waals surface area (Å²) in [6.45, 7) is 5.17. The first-order valence-electron chi connectivity index (χ1n) is 9.98. The van der Waals surface area contributed by atoms with E-state index in [9.17, 15) is 13.2 Å². The van der Waals surface area contributed by atoms with Crippen molar-refractivity contribution in [3.8, 4) is 5.75 Å². The lowest BCUT2D eigenvalue weighted by Crippen LogP contribution is -2.55. The van der Waals surface area contributed by atoms with Gasteiger partial charge in [0.1, 0.15) is 11.8 Å². The summed E-state index contributed by atoms with van der Waals surface area (Å²) in [5.74, 6) is 0.441. The normalized spacial score (nSPS) is 16.2. The summed E-state index contributed by atoms with van der Waals surface area (Å²) in [6, 6.07) is 16.1. The van der Waals surface area contributed by atoms with E-state index >= 15 is 0 Å². The molecule has 1 aliphatic heterocycles. The third-order valence-electron chi connectivity index (χ3n) is 5.33. The molecule has 8 heteroatoms. The van der Waals surface area contributed by atoms with Crippen LogP contribution < -0.4 is 9.04 Å². The molecular weight excluding hydrogens is 402 g/mol. The van der Waals surface area contributed by atoms with Gasteiger partial charge in [-0.15, -0.1) is 0 Å². The first-order chi connectivity index (χ1) is 14.3. The lowest BCUT2D eigenvalue weighted by molar-refractivity contribution is -0.133. The van der Waals surface area contributed by atoms with E-state index in [-0.39, 0.29) is 5.91 Å². The van der Waals surface area contributed by atoms with Gasteiger partial charge < -0.3 is 9.64 Å². The minimum atomic E-state index is -3.64. The summed E-state index contributed by atoms with van der Waals surface area (Å²) in [5, 5.41) is 0. The molecule has 0 spiro atoms. The third-order valence-corrected chi connectivity index (χ3v) is 6.57. The van der Waals surface area contributed by atoms with E-state index in [1.54, 1.807) is 43.2 Å². The highest BCUT2D eigenvalue weighted by atomic mass is 32.2. The van der Waals surface area contributed by atoms with Gasteiger partial charge in [-0.1, -0.05) is 30.3 Å². The van der Waals surface area contributed by atoms with Crippen LogP contribution in [0.1, 0.15) is 12.5 Å². The van der Waals surface area contributed by atoms with Gasteiger partial charge in [0.15, 0.2) is 0 Å². The van der Waals surface area contributed by atoms with Gasteiger partial charge >= 0.3 is 0 Å². The molecule has 2 aromatic carbocycles. The molecule has 1 aliphatic rings. The predicted molar refractivity (Wildman–Crippen MR) is 118 cm³/mol. The Hall–Kier alpha value is -2.58. The molecule has 0 radical (unpaired) electrons. The molecule has 1 amide bonds. The second kappa shape index (κ2) is 9.49. The molecule has 30 heavy (non-hydrogen) atoms. The number of anilines is 1. The number of ether oxygens (including phenoxy) is 1. The highest BCUT2D eigenvalue weighted by Gasteiger charge is 2.33. The van der Waals surface area contributed by atoms with Crippen LogP contribution >= 0.6 is 0 Å². The molecule has 3 rings (SSSR count). The highest BCUT2D eigenvalue weighted by Crippen LogP contribution is 2.24. The van der Waals surface area contributed by atoms with Crippen LogP contribution in [0.15, 0.2) is 54.6 Å². The van der Waals surface area contributed by atoms with Crippen molar-refractivity contribution >= 4 is 21.6 Å². The van der Waals surface area contributed by atoms with E-state index in [1.807, 2.05) is 18.2 Å². The average molecular weight is 432 g/mol. The second-order valence-electron chi connectivity index (χ2n) is 7.52. The lowest BCUT2D eigenvalue weighted by atomic mass is 10.2. The number of methoxy groups -OCH3 is 1. The van der Waals surface area contributed by atoms with Crippen molar-refractivity contribution in [1.29, 1.82) is 0 Å². The van der Waals surface area contributed by atoms with Gasteiger partial charge in [0.05, 0.1) is 19.1 Å². The number of carbonyl (C=O) groups is 1. The Balaban J connectivity index is 1.67. The molecule has 1 heterocycles. The van der Waals surface area contributed by atoms with Crippen LogP contribution in [0.3, 0.4) is 0 Å². The largest absolute Gasteiger partial charge is 0.497 e. The zero-order chi connectivity index (χ0) is 21.7. The monoisotopic (exact) mass is 431 g/mol. The van der Waals surface area contributed by atoms with E-state index in [4.69, 9.17) is 4.74 Å². The van der Waals surface area contributed by atoms with Crippen molar-refractivity contribution in [2.24, 2.45) is 0 Å². The van der Waals surface area contributed by atoms with Gasteiger partial charge in [-0.05, 0) is 36.8 Å². The van der Waals surface area contributed by atoms with Crippen molar-refractivity contribution in [3.63, 3.8) is 0 Å². The standard InChI is InChI=1S/C22H29N3O4S/c1-18(25(30(3,27)28)20-9-11-21(29-2)12-10-20)22(26)24-15-13-23(14-16-24)17-19-7-5-4-6-8-19/h4-12,18H,13-17H2,1-3H3. The average Bonchev–Trinajstić information content (AvgIpc) is 2.74. The van der Waals surface area contributed by atoms with Crippen molar-refractivity contribution in [1.82, 2.24) is 9.80 Å². The maximum Gasteiger partial charge on any atom is 0.246 e. The number of rotatable bonds is 7. The predicted octanol–water partition coefficient (Wildman–Crippen LogP) is 2.19. The van der Waals surface area contributed by atoms with Crippen LogP contribution in [0.2, 0.25) is 0 Å². The van der Waals surface area contributed by atoms with Gasteiger partial charge in [0, 0.05) is 32.7 Å². The maximum absolute atomic E-state index is 13.1. The van der Waals surface area contributed by atoms with Crippen LogP contribution in [0, 0.1) is 0 Å². The lowest BCUT2D eigenvalue weighted by Gasteiger charge is -2.38. The van der Waals surface area contributed by atoms with E-state index in [0.29, 0.717) is 24.5 Å². The van der Waals surface area contributed by atoms with Crippen molar-refractivity contribution in [2.75, 3.05) is 43.8 Å². The van der Waals surface area contributed by atoms with Gasteiger partial charge in [-0.25, -0.2) is 8.42 Å². The van der Waals surface area contributed by atoms with Gasteiger partial charge in [0.25, 0.3) is 0 Å². The minimum absolute atomic E-state index is 0.185. The number of piperazine rings is 1. The minimum Gasteiger partial charge on any atom is -0.497 e. The molecule has 162 valence electrons. The van der Waals surface area contributed by atoms with Gasteiger partial charge in [-0.2, -0.15) is 0 Å². The fourth-order valence-electron chi connectivity index (χ4n) is 3.76. The van der Waals surface area contributed by atoms with Gasteiger partial charge in [-0.3, -0.25) is 14.0 Å². The Bertz CT molecular complexity index is 940. The first kappa shape index (κ1) is 22.1. The number of amides is 1. The summed E-state index contributed by atoms with van der Waals surface area (Å²) in [7, 11) is -2.09. The molecule has 2 aromatic rings. The molecule has 1 fully saturated rings. The van der Waals surface area contributed by atoms with Crippen LogP contribution in [0.4, 0.5) is 5.69 Å². The van der Waals surface area contributed by atoms with Gasteiger partial charge in [0.2, 0.25) is 15.9 Å². The van der Waals surface area contributed by atoms with Crippen molar-refractivity contribution in [3.05, 3.63) is 60.2 Å². The van der Waals surface area contributed by atoms with Crippen LogP contribution in [0.5, 0.6) is 5.75 Å². The fraction of sp³-hybridized carbons (Fsp3) is 0.409. The highest BCUT2D eigenvalue weighted by molar-refractivity contribution is 7.92. The Labute approximate surface area is 178 Å². The molecule has 0 N–H and O–H groups in total. The molecule has 0 aliphatic carbocycles. The number of sulfonamides is 1. The van der Waals surface area contributed by atoms with E-state index in [2.05, 4.69) is 17.0 Å². The molecule has 7 nitrogen and oxygen atoms in total. The quantitative estimate of drug-likeness (QED) is 0.672. The molecule has 0 aromatic heterocycles. The van der Waals surface area contributed by atoms with Crippen LogP contribution in [-0.4, -0.2) is 69.7 Å². The Morgan fingerprint density at radius 1 is 1.03 bits per heavy atom. The molecule has 1 atom stereocenters. The molecular formula is C22H29N3O4S. The fourth-order valence-corrected chi connectivity index (χ4v) is 4.93. The SMILES string of the molecule is COc1ccc(N(C(C)C(=O)N2CCN(Cc3ccccc3)CC2)S(C)(=O)=O)cc1. The van der Waals surface area contributed by atoms with Crippen LogP contribution in [0.25, 0.3) is 0 Å². The zero-order valence-corrected chi connectivity index (χ0v) is 18.5. The number of benzene rings is 2. The van der Waals surface area contributed by atoms with E-state index in [0.717, 1.165) is 25.9 Å². The Kier molecular flexibility index (Phi) is 6.99. The summed E-state index contributed by atoms with van der Waals surface area (Å²) < 4.78 is 31.3. The smallest absolute Gasteiger partial charge is 0.246 e. The van der Waals surface area contributed by atoms with E-state index in [1.165, 1.54) is 9.87 Å². The number of nitrogens with zero attached hydrogens (tertiary/aromatic N) is 3. The van der Waals surface area contributed by atoms with Crippen molar-refractivity contribution in [2.45, 2.75) is 19.5 Å². The van der Waals surface area contributed by atoms with Crippen LogP contribution in [-0.2, 0) is 21.4 Å². The van der Waals surface area contributed by atoms with Crippen molar-refractivity contribution < 1.29 is 17.9 Å². The summed E-state index contributed by atoms with van der Waals surface area (Å²) in [5.41, 5.74) is 1.69. The molecule has 1 unspecified atom stereocenters. The first-order valence-corrected chi connectivity index (χ1v) is 11.8. The molecule has 0 saturated carbocycles. The van der Waals surface area contributed by atoms with E-state index < -0.39 is 16.1 Å². The third kappa shape index (κ3) is 5.31. The number of hydrogen-bond donors (Lipinski definition) is 0. The Morgan fingerprint density at radius 2 is 1.63 bits per heavy atom. The number of hydrogen-bond acceptors (Lipinski definition) is 5. The summed E-state index contributed by atoms with van der Waals surface area (Å²) >= 11 is 0. The molecule has 1 saturated heterocycles. The summed E-state index contributed by atoms with van der Waals surface area (Å²) in [6.07, 6.45) is 1.12. The second-order valence-corrected chi connectivity index (χ2v) is 9.38.